The molecule has 0 bridgehead atoms. The van der Waals surface area contributed by atoms with Crippen molar-refractivity contribution < 1.29 is 19.5 Å². The Morgan fingerprint density at radius 1 is 1.10 bits per heavy atom. The third kappa shape index (κ3) is 4.91. The van der Waals surface area contributed by atoms with Crippen molar-refractivity contribution in [2.45, 2.75) is 26.2 Å². The summed E-state index contributed by atoms with van der Waals surface area (Å²) in [5.41, 5.74) is 6.37. The van der Waals surface area contributed by atoms with Gasteiger partial charge in [-0.3, -0.25) is 14.4 Å². The normalized spacial score (nSPS) is 11.0. The Labute approximate surface area is 123 Å². The summed E-state index contributed by atoms with van der Waals surface area (Å²) in [5, 5.41) is 8.80. The quantitative estimate of drug-likeness (QED) is 0.845. The molecule has 0 aliphatic carbocycles. The van der Waals surface area contributed by atoms with E-state index in [9.17, 15) is 14.4 Å². The Bertz CT molecular complexity index is 528. The van der Waals surface area contributed by atoms with Crippen molar-refractivity contribution in [1.82, 2.24) is 4.90 Å². The fourth-order valence-electron chi connectivity index (χ4n) is 1.85. The van der Waals surface area contributed by atoms with Gasteiger partial charge in [0, 0.05) is 5.56 Å². The highest BCUT2D eigenvalue weighted by Crippen LogP contribution is 2.22. The van der Waals surface area contributed by atoms with Crippen LogP contribution in [0.3, 0.4) is 0 Å². The van der Waals surface area contributed by atoms with Crippen molar-refractivity contribution in [1.29, 1.82) is 0 Å². The van der Waals surface area contributed by atoms with E-state index in [0.29, 0.717) is 5.56 Å². The van der Waals surface area contributed by atoms with Gasteiger partial charge in [-0.2, -0.15) is 0 Å². The summed E-state index contributed by atoms with van der Waals surface area (Å²) in [6, 6.07) is 6.88. The van der Waals surface area contributed by atoms with E-state index in [4.69, 9.17) is 10.8 Å². The third-order valence-electron chi connectivity index (χ3n) is 2.96. The van der Waals surface area contributed by atoms with Crippen LogP contribution in [0.1, 0.15) is 36.7 Å². The molecule has 0 heterocycles. The fraction of sp³-hybridized carbons (Fsp3) is 0.400. The van der Waals surface area contributed by atoms with E-state index in [1.54, 1.807) is 12.1 Å². The zero-order valence-corrected chi connectivity index (χ0v) is 12.4. The number of carbonyl (C=O) groups is 3. The predicted octanol–water partition coefficient (Wildman–Crippen LogP) is 0.996. The minimum absolute atomic E-state index is 0.0461. The zero-order chi connectivity index (χ0) is 16.2. The second-order valence-electron chi connectivity index (χ2n) is 5.85. The summed E-state index contributed by atoms with van der Waals surface area (Å²) in [7, 11) is 0. The topological polar surface area (TPSA) is 101 Å². The molecule has 6 nitrogen and oxygen atoms in total. The summed E-state index contributed by atoms with van der Waals surface area (Å²) in [5.74, 6) is -2.48. The number of benzene rings is 1. The maximum absolute atomic E-state index is 12.2. The fourth-order valence-corrected chi connectivity index (χ4v) is 1.85. The first-order valence-corrected chi connectivity index (χ1v) is 6.51. The highest BCUT2D eigenvalue weighted by Gasteiger charge is 2.21. The number of amides is 2. The van der Waals surface area contributed by atoms with Crippen LogP contribution >= 0.6 is 0 Å². The summed E-state index contributed by atoms with van der Waals surface area (Å²) in [6.07, 6.45) is 0. The number of hydrogen-bond acceptors (Lipinski definition) is 3. The number of primary amides is 1. The molecule has 21 heavy (non-hydrogen) atoms. The predicted molar refractivity (Wildman–Crippen MR) is 77.9 cm³/mol. The van der Waals surface area contributed by atoms with Gasteiger partial charge in [-0.25, -0.2) is 0 Å². The van der Waals surface area contributed by atoms with Crippen LogP contribution in [0.15, 0.2) is 24.3 Å². The molecule has 0 spiro atoms. The number of hydrogen-bond donors (Lipinski definition) is 2. The van der Waals surface area contributed by atoms with Crippen molar-refractivity contribution in [3.8, 4) is 0 Å². The molecule has 3 N–H and O–H groups in total. The van der Waals surface area contributed by atoms with Gasteiger partial charge in [0.15, 0.2) is 0 Å². The number of rotatable bonds is 5. The lowest BCUT2D eigenvalue weighted by Crippen LogP contribution is -2.41. The Morgan fingerprint density at radius 3 is 2.00 bits per heavy atom. The second-order valence-corrected chi connectivity index (χ2v) is 5.85. The zero-order valence-electron chi connectivity index (χ0n) is 12.4. The van der Waals surface area contributed by atoms with Crippen molar-refractivity contribution in [3.05, 3.63) is 35.4 Å². The maximum Gasteiger partial charge on any atom is 0.323 e. The average molecular weight is 292 g/mol. The molecule has 0 fully saturated rings. The van der Waals surface area contributed by atoms with Gasteiger partial charge >= 0.3 is 5.97 Å². The van der Waals surface area contributed by atoms with Crippen LogP contribution < -0.4 is 5.73 Å². The first-order valence-electron chi connectivity index (χ1n) is 6.51. The van der Waals surface area contributed by atoms with Crippen molar-refractivity contribution in [2.75, 3.05) is 13.1 Å². The van der Waals surface area contributed by atoms with E-state index in [2.05, 4.69) is 0 Å². The minimum Gasteiger partial charge on any atom is -0.480 e. The number of nitrogens with two attached hydrogens (primary N) is 1. The second kappa shape index (κ2) is 6.39. The van der Waals surface area contributed by atoms with Gasteiger partial charge < -0.3 is 15.7 Å². The van der Waals surface area contributed by atoms with E-state index in [1.165, 1.54) is 0 Å². The Balaban J connectivity index is 2.98. The van der Waals surface area contributed by atoms with Crippen molar-refractivity contribution in [3.63, 3.8) is 0 Å². The lowest BCUT2D eigenvalue weighted by Gasteiger charge is -2.21. The minimum atomic E-state index is -1.20. The number of carbonyl (C=O) groups excluding carboxylic acids is 2. The van der Waals surface area contributed by atoms with Crippen LogP contribution in [-0.2, 0) is 15.0 Å². The summed E-state index contributed by atoms with van der Waals surface area (Å²) in [4.78, 5) is 34.9. The first kappa shape index (κ1) is 16.7. The Morgan fingerprint density at radius 2 is 1.62 bits per heavy atom. The molecule has 0 atom stereocenters. The Hall–Kier alpha value is -2.37. The van der Waals surface area contributed by atoms with Crippen LogP contribution in [0.5, 0.6) is 0 Å². The van der Waals surface area contributed by atoms with Gasteiger partial charge in [-0.05, 0) is 23.1 Å². The van der Waals surface area contributed by atoms with E-state index < -0.39 is 30.9 Å². The third-order valence-corrected chi connectivity index (χ3v) is 2.96. The molecular weight excluding hydrogens is 272 g/mol. The molecule has 6 heteroatoms. The largest absolute Gasteiger partial charge is 0.480 e. The summed E-state index contributed by atoms with van der Waals surface area (Å²) in [6.45, 7) is 5.16. The monoisotopic (exact) mass is 292 g/mol. The molecule has 114 valence electrons. The number of aliphatic carboxylic acids is 1. The maximum atomic E-state index is 12.2. The van der Waals surface area contributed by atoms with Gasteiger partial charge in [0.2, 0.25) is 5.91 Å². The van der Waals surface area contributed by atoms with Crippen LogP contribution in [0.25, 0.3) is 0 Å². The molecule has 0 saturated carbocycles. The molecule has 2 amide bonds. The standard InChI is InChI=1S/C15H20N2O4/c1-15(2,3)11-6-4-10(5-7-11)14(21)17(8-12(16)18)9-13(19)20/h4-7H,8-9H2,1-3H3,(H2,16,18)(H,19,20). The number of nitrogens with zero attached hydrogens (tertiary/aromatic N) is 1. The lowest BCUT2D eigenvalue weighted by atomic mass is 9.86. The van der Waals surface area contributed by atoms with Gasteiger partial charge in [0.1, 0.15) is 13.1 Å². The smallest absolute Gasteiger partial charge is 0.323 e. The highest BCUT2D eigenvalue weighted by molar-refractivity contribution is 5.97. The molecule has 0 radical (unpaired) electrons. The average Bonchev–Trinajstić information content (AvgIpc) is 2.35. The molecule has 0 unspecified atom stereocenters. The van der Waals surface area contributed by atoms with Crippen LogP contribution in [0, 0.1) is 0 Å². The van der Waals surface area contributed by atoms with E-state index in [1.807, 2.05) is 32.9 Å². The molecule has 0 aliphatic heterocycles. The molecule has 0 aliphatic rings. The van der Waals surface area contributed by atoms with E-state index >= 15 is 0 Å². The van der Waals surface area contributed by atoms with E-state index in [-0.39, 0.29) is 5.41 Å². The molecular formula is C15H20N2O4. The van der Waals surface area contributed by atoms with Crippen LogP contribution in [0.2, 0.25) is 0 Å². The summed E-state index contributed by atoms with van der Waals surface area (Å²) >= 11 is 0. The van der Waals surface area contributed by atoms with Crippen molar-refractivity contribution >= 4 is 17.8 Å². The number of carboxylic acid groups (broad SMARTS) is 1. The molecule has 1 rings (SSSR count). The molecule has 1 aromatic rings. The first-order chi connectivity index (χ1) is 9.61. The molecule has 0 saturated heterocycles. The summed E-state index contributed by atoms with van der Waals surface area (Å²) < 4.78 is 0. The van der Waals surface area contributed by atoms with E-state index in [0.717, 1.165) is 10.5 Å². The van der Waals surface area contributed by atoms with Crippen LogP contribution in [-0.4, -0.2) is 40.9 Å². The lowest BCUT2D eigenvalue weighted by molar-refractivity contribution is -0.138. The van der Waals surface area contributed by atoms with Gasteiger partial charge in [-0.1, -0.05) is 32.9 Å². The van der Waals surface area contributed by atoms with Gasteiger partial charge in [-0.15, -0.1) is 0 Å². The molecule has 0 aromatic heterocycles. The van der Waals surface area contributed by atoms with Crippen LogP contribution in [0.4, 0.5) is 0 Å². The van der Waals surface area contributed by atoms with Gasteiger partial charge in [0.05, 0.1) is 0 Å². The highest BCUT2D eigenvalue weighted by atomic mass is 16.4. The Kier molecular flexibility index (Phi) is 5.07. The van der Waals surface area contributed by atoms with Crippen molar-refractivity contribution in [2.24, 2.45) is 5.73 Å². The SMILES string of the molecule is CC(C)(C)c1ccc(C(=O)N(CC(N)=O)CC(=O)O)cc1. The number of carboxylic acids is 1. The molecule has 1 aromatic carbocycles. The van der Waals surface area contributed by atoms with Gasteiger partial charge in [0.25, 0.3) is 5.91 Å².